The molecular formula is C56H36N8O6. The maximum atomic E-state index is 7.25. The summed E-state index contributed by atoms with van der Waals surface area (Å²) in [7, 11) is 6.39. The second-order valence-electron chi connectivity index (χ2n) is 17.0. The molecule has 0 saturated heterocycles. The van der Waals surface area contributed by atoms with Crippen molar-refractivity contribution in [3.05, 3.63) is 133 Å². The first-order valence-corrected chi connectivity index (χ1v) is 22.5. The predicted octanol–water partition coefficient (Wildman–Crippen LogP) is 13.0. The SMILES string of the molecule is COc1cc2c(cc1OC)-c1nc-2nc2[nH]c(nc3nc4nc5[nH]c(n1)c1cccc(oc6ccc7ccccc7c6c6c(ccc7ccccc76)oc6cccc3c6-4)c51)c1cc(OC)c(OC)cc21. The van der Waals surface area contributed by atoms with Crippen molar-refractivity contribution in [2.75, 3.05) is 28.4 Å². The Balaban J connectivity index is 1.26. The number of hydrogen-bond donors (Lipinski definition) is 2. The molecule has 0 saturated carbocycles. The highest BCUT2D eigenvalue weighted by atomic mass is 16.5. The van der Waals surface area contributed by atoms with E-state index in [2.05, 4.69) is 46.4 Å². The van der Waals surface area contributed by atoms with Crippen LogP contribution in [0.1, 0.15) is 0 Å². The highest BCUT2D eigenvalue weighted by Gasteiger charge is 2.25. The van der Waals surface area contributed by atoms with Gasteiger partial charge in [0.1, 0.15) is 44.9 Å². The summed E-state index contributed by atoms with van der Waals surface area (Å²) in [4.78, 5) is 38.7. The van der Waals surface area contributed by atoms with Gasteiger partial charge >= 0.3 is 0 Å². The zero-order valence-corrected chi connectivity index (χ0v) is 37.8. The molecule has 3 aliphatic rings. The summed E-state index contributed by atoms with van der Waals surface area (Å²) >= 11 is 0. The van der Waals surface area contributed by atoms with Crippen LogP contribution in [0.25, 0.3) is 144 Å². The Hall–Kier alpha value is -9.56. The lowest BCUT2D eigenvalue weighted by Gasteiger charge is -2.09. The van der Waals surface area contributed by atoms with Gasteiger partial charge in [0.25, 0.3) is 0 Å². The molecule has 0 spiro atoms. The fraction of sp³-hybridized carbons (Fsp3) is 0.0714. The number of rotatable bonds is 4. The largest absolute Gasteiger partial charge is 0.493 e. The Morgan fingerprint density at radius 3 is 1.44 bits per heavy atom. The van der Waals surface area contributed by atoms with E-state index in [-0.39, 0.29) is 0 Å². The lowest BCUT2D eigenvalue weighted by Crippen LogP contribution is -1.92. The average molecular weight is 917 g/mol. The standard InChI is InChI=1S/C56H36N8O6/c1-65-41-23-33-35(25-43(41)67-3)53-59-51(33)57-49-31-15-9-17-37-47(31)55(62-49)64-56-48-32(50(63-56)58-52-34-24-42(66-2)44(68-4)26-36(34)54(60-52)61-53)16-10-18-38(48)70-40-22-20-28-12-6-8-14-30(28)46(40)45-29-13-7-5-11-27(29)19-21-39(45)69-37/h5-26H,1-4H3,(H2,57,58,59,60,61,62,63,64). The second-order valence-corrected chi connectivity index (χ2v) is 17.0. The van der Waals surface area contributed by atoms with Crippen molar-refractivity contribution in [3.63, 3.8) is 0 Å². The monoisotopic (exact) mass is 916 g/mol. The van der Waals surface area contributed by atoms with Crippen LogP contribution in [-0.2, 0) is 0 Å². The van der Waals surface area contributed by atoms with Crippen LogP contribution in [0.3, 0.4) is 0 Å². The number of nitrogens with zero attached hydrogens (tertiary/aromatic N) is 6. The Morgan fingerprint density at radius 2 is 0.829 bits per heavy atom. The molecule has 14 rings (SSSR count). The van der Waals surface area contributed by atoms with Crippen molar-refractivity contribution in [2.45, 2.75) is 0 Å². The molecule has 0 radical (unpaired) electrons. The number of aromatic nitrogens is 8. The van der Waals surface area contributed by atoms with Gasteiger partial charge in [0.05, 0.1) is 39.4 Å². The molecule has 11 aromatic rings. The number of fused-ring (bicyclic) bond motifs is 21. The number of benzene rings is 8. The summed E-state index contributed by atoms with van der Waals surface area (Å²) in [5.74, 6) is 3.16. The van der Waals surface area contributed by atoms with E-state index in [1.165, 1.54) is 0 Å². The number of aromatic amines is 2. The summed E-state index contributed by atoms with van der Waals surface area (Å²) in [6.45, 7) is 0. The molecule has 14 nitrogen and oxygen atoms in total. The molecule has 0 atom stereocenters. The molecule has 336 valence electrons. The highest BCUT2D eigenvalue weighted by Crippen LogP contribution is 2.44. The second kappa shape index (κ2) is 15.0. The molecule has 8 aromatic carbocycles. The lowest BCUT2D eigenvalue weighted by molar-refractivity contribution is 0.355. The van der Waals surface area contributed by atoms with Gasteiger partial charge in [-0.05, 0) is 70.1 Å². The predicted molar refractivity (Wildman–Crippen MR) is 273 cm³/mol. The van der Waals surface area contributed by atoms with E-state index in [0.717, 1.165) is 37.7 Å². The minimum absolute atomic E-state index is 0.363. The minimum Gasteiger partial charge on any atom is -0.493 e. The molecule has 3 aromatic heterocycles. The van der Waals surface area contributed by atoms with Gasteiger partial charge in [0, 0.05) is 43.4 Å². The van der Waals surface area contributed by atoms with E-state index in [0.29, 0.717) is 129 Å². The molecule has 6 heterocycles. The number of hydrogen-bond acceptors (Lipinski definition) is 12. The van der Waals surface area contributed by atoms with E-state index < -0.39 is 0 Å². The molecule has 3 aliphatic heterocycles. The molecule has 0 amide bonds. The van der Waals surface area contributed by atoms with Crippen LogP contribution in [0, 0.1) is 0 Å². The Morgan fingerprint density at radius 1 is 0.357 bits per heavy atom. The van der Waals surface area contributed by atoms with E-state index in [1.54, 1.807) is 28.4 Å². The summed E-state index contributed by atoms with van der Waals surface area (Å²) in [5, 5.41) is 9.35. The first kappa shape index (κ1) is 39.6. The van der Waals surface area contributed by atoms with Crippen LogP contribution in [0.15, 0.2) is 142 Å². The topological polar surface area (TPSA) is 172 Å². The smallest absolute Gasteiger partial charge is 0.168 e. The number of methoxy groups -OCH3 is 4. The fourth-order valence-electron chi connectivity index (χ4n) is 10.1. The quantitative estimate of drug-likeness (QED) is 0.171. The summed E-state index contributed by atoms with van der Waals surface area (Å²) in [6, 6.07) is 44.1. The van der Waals surface area contributed by atoms with Crippen molar-refractivity contribution >= 4 is 110 Å². The third-order valence-corrected chi connectivity index (χ3v) is 13.3. The molecular weight excluding hydrogens is 881 g/mol. The van der Waals surface area contributed by atoms with E-state index >= 15 is 0 Å². The lowest BCUT2D eigenvalue weighted by atomic mass is 9.99. The van der Waals surface area contributed by atoms with Gasteiger partial charge in [0.15, 0.2) is 46.1 Å². The van der Waals surface area contributed by atoms with Gasteiger partial charge < -0.3 is 37.7 Å². The van der Waals surface area contributed by atoms with Gasteiger partial charge in [-0.25, -0.2) is 29.9 Å². The first-order valence-electron chi connectivity index (χ1n) is 22.5. The molecule has 0 fully saturated rings. The third kappa shape index (κ3) is 5.79. The Bertz CT molecular complexity index is 4570. The van der Waals surface area contributed by atoms with Crippen LogP contribution in [0.4, 0.5) is 0 Å². The fourth-order valence-corrected chi connectivity index (χ4v) is 10.1. The highest BCUT2D eigenvalue weighted by molar-refractivity contribution is 6.25. The first-order chi connectivity index (χ1) is 34.5. The maximum Gasteiger partial charge on any atom is 0.168 e. The van der Waals surface area contributed by atoms with Crippen LogP contribution >= 0.6 is 0 Å². The normalized spacial score (nSPS) is 12.0. The van der Waals surface area contributed by atoms with Crippen LogP contribution in [0.5, 0.6) is 23.0 Å². The van der Waals surface area contributed by atoms with Gasteiger partial charge in [-0.1, -0.05) is 84.9 Å². The maximum absolute atomic E-state index is 7.25. The molecule has 70 heavy (non-hydrogen) atoms. The van der Waals surface area contributed by atoms with E-state index in [1.807, 2.05) is 97.1 Å². The Kier molecular flexibility index (Phi) is 8.47. The zero-order valence-electron chi connectivity index (χ0n) is 37.8. The molecule has 8 bridgehead atoms. The van der Waals surface area contributed by atoms with E-state index in [9.17, 15) is 0 Å². The Labute approximate surface area is 395 Å². The number of ether oxygens (including phenoxy) is 4. The van der Waals surface area contributed by atoms with Crippen molar-refractivity contribution in [1.82, 2.24) is 39.9 Å². The van der Waals surface area contributed by atoms with E-state index in [4.69, 9.17) is 57.7 Å². The van der Waals surface area contributed by atoms with Crippen molar-refractivity contribution in [3.8, 4) is 57.2 Å². The number of nitrogens with one attached hydrogen (secondary N) is 2. The van der Waals surface area contributed by atoms with Crippen molar-refractivity contribution in [1.29, 1.82) is 0 Å². The van der Waals surface area contributed by atoms with Crippen molar-refractivity contribution < 1.29 is 27.8 Å². The third-order valence-electron chi connectivity index (χ3n) is 13.3. The summed E-state index contributed by atoms with van der Waals surface area (Å²) in [6.07, 6.45) is 0. The zero-order chi connectivity index (χ0) is 46.8. The van der Waals surface area contributed by atoms with Crippen LogP contribution in [0.2, 0.25) is 0 Å². The molecule has 0 unspecified atom stereocenters. The summed E-state index contributed by atoms with van der Waals surface area (Å²) < 4.78 is 37.7. The molecule has 2 N–H and O–H groups in total. The van der Waals surface area contributed by atoms with Gasteiger partial charge in [0.2, 0.25) is 0 Å². The van der Waals surface area contributed by atoms with Gasteiger partial charge in [-0.15, -0.1) is 0 Å². The average Bonchev–Trinajstić information content (AvgIpc) is 4.13. The molecule has 0 aliphatic carbocycles. The number of H-pyrrole nitrogens is 2. The minimum atomic E-state index is 0.363. The van der Waals surface area contributed by atoms with Crippen molar-refractivity contribution in [2.24, 2.45) is 0 Å². The summed E-state index contributed by atoms with van der Waals surface area (Å²) in [5.41, 5.74) is 6.60. The van der Waals surface area contributed by atoms with Crippen LogP contribution < -0.4 is 18.9 Å². The molecule has 14 heteroatoms. The van der Waals surface area contributed by atoms with Gasteiger partial charge in [-0.2, -0.15) is 0 Å². The van der Waals surface area contributed by atoms with Gasteiger partial charge in [-0.3, -0.25) is 0 Å². The van der Waals surface area contributed by atoms with Crippen LogP contribution in [-0.4, -0.2) is 68.3 Å².